The van der Waals surface area contributed by atoms with Crippen LogP contribution in [0.1, 0.15) is 93.9 Å². The number of carbonyl (C=O) groups excluding carboxylic acids is 2. The number of aromatic nitrogens is 2. The van der Waals surface area contributed by atoms with Gasteiger partial charge >= 0.3 is 13.2 Å². The Kier molecular flexibility index (Phi) is 11.8. The molecular weight excluding hydrogens is 507 g/mol. The van der Waals surface area contributed by atoms with Gasteiger partial charge in [0.25, 0.3) is 0 Å². The Morgan fingerprint density at radius 3 is 2.17 bits per heavy atom. The summed E-state index contributed by atoms with van der Waals surface area (Å²) < 4.78 is 17.0. The van der Waals surface area contributed by atoms with Crippen LogP contribution in [-0.2, 0) is 18.8 Å². The van der Waals surface area contributed by atoms with Crippen molar-refractivity contribution in [3.05, 3.63) is 36.3 Å². The molecule has 2 fully saturated rings. The summed E-state index contributed by atoms with van der Waals surface area (Å²) in [5, 5.41) is 2.68. The molecule has 4 rings (SSSR count). The number of benzene rings is 1. The number of nitrogens with zero attached hydrogens (tertiary/aromatic N) is 2. The van der Waals surface area contributed by atoms with Crippen molar-refractivity contribution in [2.24, 2.45) is 5.92 Å². The van der Waals surface area contributed by atoms with Gasteiger partial charge < -0.3 is 29.2 Å². The summed E-state index contributed by atoms with van der Waals surface area (Å²) >= 11 is 0. The van der Waals surface area contributed by atoms with Crippen molar-refractivity contribution < 1.29 is 23.6 Å². The lowest BCUT2D eigenvalue weighted by Crippen LogP contribution is -2.51. The van der Waals surface area contributed by atoms with Crippen LogP contribution in [-0.4, -0.2) is 64.9 Å². The molecule has 2 unspecified atom stereocenters. The van der Waals surface area contributed by atoms with Crippen LogP contribution in [0.15, 0.2) is 30.5 Å². The molecule has 2 N–H and O–H groups in total. The minimum Gasteiger partial charge on any atom is -0.453 e. The van der Waals surface area contributed by atoms with Crippen molar-refractivity contribution in [1.82, 2.24) is 20.2 Å². The number of H-pyrrole nitrogens is 1. The van der Waals surface area contributed by atoms with Gasteiger partial charge in [-0.2, -0.15) is 0 Å². The second-order valence-corrected chi connectivity index (χ2v) is 10.9. The molecule has 0 bridgehead atoms. The topological polar surface area (TPSA) is 106 Å². The smallest absolute Gasteiger partial charge is 0.453 e. The van der Waals surface area contributed by atoms with Gasteiger partial charge in [-0.1, -0.05) is 65.8 Å². The summed E-state index contributed by atoms with van der Waals surface area (Å²) in [6, 6.07) is 7.23. The zero-order chi connectivity index (χ0) is 30.3. The number of alkyl carbamates (subject to hydrolysis) is 1. The molecule has 0 aliphatic carbocycles. The fourth-order valence-electron chi connectivity index (χ4n) is 4.64. The monoisotopic (exact) mass is 556 g/mol. The number of hydrogen-bond acceptors (Lipinski definition) is 6. The summed E-state index contributed by atoms with van der Waals surface area (Å²) in [6.07, 6.45) is 2.87. The highest BCUT2D eigenvalue weighted by Crippen LogP contribution is 2.37. The Balaban J connectivity index is 0.00000134. The highest BCUT2D eigenvalue weighted by atomic mass is 16.7. The SMILES string of the molecule is CC.CC.COC(=O)NC(C(=O)N1CCCC1c1ncc(-c2ccc(B3OC(C)(C)C(C)(C)O3)cc2)[nH]1)C(C)C. The van der Waals surface area contributed by atoms with Crippen LogP contribution in [0.2, 0.25) is 0 Å². The van der Waals surface area contributed by atoms with Gasteiger partial charge in [0.15, 0.2) is 0 Å². The lowest BCUT2D eigenvalue weighted by molar-refractivity contribution is -0.135. The lowest BCUT2D eigenvalue weighted by atomic mass is 9.79. The van der Waals surface area contributed by atoms with E-state index < -0.39 is 19.3 Å². The summed E-state index contributed by atoms with van der Waals surface area (Å²) in [5.74, 6) is 0.543. The molecular formula is C30H49BN4O5. The predicted octanol–water partition coefficient (Wildman–Crippen LogP) is 5.47. The van der Waals surface area contributed by atoms with E-state index in [1.807, 2.05) is 98.4 Å². The van der Waals surface area contributed by atoms with Gasteiger partial charge in [-0.3, -0.25) is 4.79 Å². The van der Waals surface area contributed by atoms with E-state index in [4.69, 9.17) is 14.0 Å². The molecule has 1 aromatic carbocycles. The molecule has 2 atom stereocenters. The molecule has 2 aromatic rings. The van der Waals surface area contributed by atoms with Crippen LogP contribution in [0, 0.1) is 5.92 Å². The first-order valence-corrected chi connectivity index (χ1v) is 14.6. The average Bonchev–Trinajstić information content (AvgIpc) is 3.67. The Hall–Kier alpha value is -2.85. The highest BCUT2D eigenvalue weighted by Gasteiger charge is 2.51. The van der Waals surface area contributed by atoms with Gasteiger partial charge in [-0.15, -0.1) is 0 Å². The Bertz CT molecular complexity index is 1080. The van der Waals surface area contributed by atoms with Gasteiger partial charge in [-0.05, 0) is 57.5 Å². The molecule has 2 aliphatic rings. The third-order valence-electron chi connectivity index (χ3n) is 7.59. The van der Waals surface area contributed by atoms with Crippen LogP contribution in [0.3, 0.4) is 0 Å². The summed E-state index contributed by atoms with van der Waals surface area (Å²) in [7, 11) is 0.884. The van der Waals surface area contributed by atoms with E-state index >= 15 is 0 Å². The Morgan fingerprint density at radius 2 is 1.65 bits per heavy atom. The summed E-state index contributed by atoms with van der Waals surface area (Å²) in [6.45, 7) is 20.6. The first-order valence-electron chi connectivity index (χ1n) is 14.6. The molecule has 0 radical (unpaired) electrons. The van der Waals surface area contributed by atoms with Crippen LogP contribution in [0.25, 0.3) is 11.3 Å². The van der Waals surface area contributed by atoms with Crippen molar-refractivity contribution in [2.45, 2.75) is 105 Å². The zero-order valence-corrected chi connectivity index (χ0v) is 26.3. The fraction of sp³-hybridized carbons (Fsp3) is 0.633. The van der Waals surface area contributed by atoms with Crippen molar-refractivity contribution in [2.75, 3.05) is 13.7 Å². The van der Waals surface area contributed by atoms with Crippen molar-refractivity contribution in [3.63, 3.8) is 0 Å². The van der Waals surface area contributed by atoms with Crippen molar-refractivity contribution >= 4 is 24.6 Å². The number of likely N-dealkylation sites (tertiary alicyclic amines) is 1. The van der Waals surface area contributed by atoms with Crippen LogP contribution in [0.4, 0.5) is 4.79 Å². The number of aromatic amines is 1. The van der Waals surface area contributed by atoms with Gasteiger partial charge in [0.2, 0.25) is 5.91 Å². The Morgan fingerprint density at radius 1 is 1.07 bits per heavy atom. The fourth-order valence-corrected chi connectivity index (χ4v) is 4.64. The molecule has 1 aromatic heterocycles. The molecule has 2 amide bonds. The minimum atomic E-state index is -0.657. The van der Waals surface area contributed by atoms with Crippen molar-refractivity contribution in [1.29, 1.82) is 0 Å². The van der Waals surface area contributed by atoms with E-state index in [1.165, 1.54) is 7.11 Å². The molecule has 2 aliphatic heterocycles. The largest absolute Gasteiger partial charge is 0.494 e. The third-order valence-corrected chi connectivity index (χ3v) is 7.59. The van der Waals surface area contributed by atoms with Crippen molar-refractivity contribution in [3.8, 4) is 11.3 Å². The minimum absolute atomic E-state index is 0.0764. The zero-order valence-electron chi connectivity index (χ0n) is 26.3. The highest BCUT2D eigenvalue weighted by molar-refractivity contribution is 6.62. The molecule has 9 nitrogen and oxygen atoms in total. The third kappa shape index (κ3) is 7.26. The van der Waals surface area contributed by atoms with Gasteiger partial charge in [-0.25, -0.2) is 9.78 Å². The van der Waals surface area contributed by atoms with Crippen LogP contribution in [0.5, 0.6) is 0 Å². The quantitative estimate of drug-likeness (QED) is 0.457. The first-order chi connectivity index (χ1) is 18.9. The lowest BCUT2D eigenvalue weighted by Gasteiger charge is -2.32. The summed E-state index contributed by atoms with van der Waals surface area (Å²) in [4.78, 5) is 35.0. The molecule has 0 saturated carbocycles. The molecule has 222 valence electrons. The molecule has 10 heteroatoms. The van der Waals surface area contributed by atoms with Crippen LogP contribution >= 0.6 is 0 Å². The molecule has 40 heavy (non-hydrogen) atoms. The van der Waals surface area contributed by atoms with E-state index in [1.54, 1.807) is 6.20 Å². The number of methoxy groups -OCH3 is 1. The number of ether oxygens (including phenoxy) is 1. The standard InChI is InChI=1S/C26H37BN4O5.2C2H6/c1-16(2)21(30-24(33)34-7)23(32)31-14-8-9-20(31)22-28-15-19(29-22)17-10-12-18(13-11-17)27-35-25(3,4)26(5,6)36-27;2*1-2/h10-13,15-16,20-21H,8-9,14H2,1-7H3,(H,28,29)(H,30,33);2*1-2H3. The molecule has 0 spiro atoms. The Labute approximate surface area is 240 Å². The number of nitrogens with one attached hydrogen (secondary N) is 2. The first kappa shape index (κ1) is 33.4. The normalized spacial score (nSPS) is 19.8. The number of rotatable bonds is 6. The maximum atomic E-state index is 13.3. The van der Waals surface area contributed by atoms with E-state index in [0.717, 1.165) is 35.4 Å². The molecule has 2 saturated heterocycles. The maximum Gasteiger partial charge on any atom is 0.494 e. The maximum absolute atomic E-state index is 13.3. The number of imidazole rings is 1. The van der Waals surface area contributed by atoms with Gasteiger partial charge in [0.05, 0.1) is 36.2 Å². The van der Waals surface area contributed by atoms with E-state index in [2.05, 4.69) is 15.3 Å². The van der Waals surface area contributed by atoms with Gasteiger partial charge in [0.1, 0.15) is 11.9 Å². The second kappa shape index (κ2) is 14.2. The van der Waals surface area contributed by atoms with Crippen LogP contribution < -0.4 is 10.8 Å². The summed E-state index contributed by atoms with van der Waals surface area (Å²) in [5.41, 5.74) is 2.04. The number of hydrogen-bond donors (Lipinski definition) is 2. The number of carbonyl (C=O) groups is 2. The van der Waals surface area contributed by atoms with E-state index in [0.29, 0.717) is 6.54 Å². The van der Waals surface area contributed by atoms with E-state index in [-0.39, 0.29) is 29.1 Å². The molecule has 3 heterocycles. The van der Waals surface area contributed by atoms with Gasteiger partial charge in [0, 0.05) is 6.54 Å². The predicted molar refractivity (Wildman–Crippen MR) is 160 cm³/mol. The second-order valence-electron chi connectivity index (χ2n) is 10.9. The average molecular weight is 557 g/mol. The number of amides is 2. The van der Waals surface area contributed by atoms with E-state index in [9.17, 15) is 9.59 Å².